The van der Waals surface area contributed by atoms with Gasteiger partial charge in [0.05, 0.1) is 31.0 Å². The normalized spacial score (nSPS) is 10.2. The van der Waals surface area contributed by atoms with E-state index in [1.54, 1.807) is 6.92 Å². The van der Waals surface area contributed by atoms with Gasteiger partial charge in [0, 0.05) is 11.8 Å². The fourth-order valence-electron chi connectivity index (χ4n) is 1.57. The summed E-state index contributed by atoms with van der Waals surface area (Å²) in [5.41, 5.74) is 0.758. The van der Waals surface area contributed by atoms with Gasteiger partial charge >= 0.3 is 6.01 Å². The lowest BCUT2D eigenvalue weighted by molar-refractivity contribution is -0.116. The number of anilines is 1. The number of carbonyl (C=O) groups is 1. The van der Waals surface area contributed by atoms with Crippen LogP contribution in [0.5, 0.6) is 6.01 Å². The van der Waals surface area contributed by atoms with E-state index in [0.29, 0.717) is 18.0 Å². The highest BCUT2D eigenvalue weighted by Gasteiger charge is 2.06. The molecule has 0 spiro atoms. The molecular formula is C13H15N5O3. The van der Waals surface area contributed by atoms with Crippen molar-refractivity contribution < 1.29 is 9.53 Å². The average molecular weight is 289 g/mol. The molecule has 0 aliphatic carbocycles. The van der Waals surface area contributed by atoms with Crippen LogP contribution in [0.3, 0.4) is 0 Å². The van der Waals surface area contributed by atoms with Crippen LogP contribution in [0.4, 0.5) is 5.69 Å². The molecule has 0 saturated heterocycles. The summed E-state index contributed by atoms with van der Waals surface area (Å²) >= 11 is 0. The summed E-state index contributed by atoms with van der Waals surface area (Å²) in [4.78, 5) is 35.3. The Bertz CT molecular complexity index is 681. The molecule has 0 aliphatic rings. The summed E-state index contributed by atoms with van der Waals surface area (Å²) in [7, 11) is 0. The number of hydrogen-bond acceptors (Lipinski definition) is 6. The molecule has 0 saturated carbocycles. The zero-order valence-electron chi connectivity index (χ0n) is 11.7. The van der Waals surface area contributed by atoms with E-state index in [1.165, 1.54) is 29.4 Å². The lowest BCUT2D eigenvalue weighted by Crippen LogP contribution is -2.27. The second kappa shape index (κ2) is 6.60. The Morgan fingerprint density at radius 1 is 1.33 bits per heavy atom. The second-order valence-electron chi connectivity index (χ2n) is 4.23. The van der Waals surface area contributed by atoms with Gasteiger partial charge < -0.3 is 10.1 Å². The molecular weight excluding hydrogens is 274 g/mol. The second-order valence-corrected chi connectivity index (χ2v) is 4.23. The molecule has 0 radical (unpaired) electrons. The first-order chi connectivity index (χ1) is 10.1. The molecule has 110 valence electrons. The van der Waals surface area contributed by atoms with Gasteiger partial charge in [0.1, 0.15) is 6.54 Å². The van der Waals surface area contributed by atoms with Crippen LogP contribution in [0.25, 0.3) is 0 Å². The van der Waals surface area contributed by atoms with Crippen LogP contribution in [0.1, 0.15) is 12.6 Å². The van der Waals surface area contributed by atoms with Gasteiger partial charge in [0.2, 0.25) is 5.91 Å². The molecule has 2 aromatic heterocycles. The number of aromatic nitrogens is 4. The maximum Gasteiger partial charge on any atom is 0.316 e. The number of ether oxygens (including phenoxy) is 1. The van der Waals surface area contributed by atoms with Crippen molar-refractivity contribution in [2.24, 2.45) is 0 Å². The van der Waals surface area contributed by atoms with Gasteiger partial charge in [-0.25, -0.2) is 15.0 Å². The van der Waals surface area contributed by atoms with Crippen molar-refractivity contribution in [3.8, 4) is 6.01 Å². The Morgan fingerprint density at radius 3 is 2.67 bits per heavy atom. The van der Waals surface area contributed by atoms with E-state index in [-0.39, 0.29) is 24.0 Å². The predicted octanol–water partition coefficient (Wildman–Crippen LogP) is 0.379. The minimum Gasteiger partial charge on any atom is -0.464 e. The third-order valence-electron chi connectivity index (χ3n) is 2.52. The Kier molecular flexibility index (Phi) is 4.60. The minimum absolute atomic E-state index is 0.126. The highest BCUT2D eigenvalue weighted by Crippen LogP contribution is 2.07. The highest BCUT2D eigenvalue weighted by molar-refractivity contribution is 5.90. The van der Waals surface area contributed by atoms with Crippen LogP contribution in [-0.2, 0) is 11.3 Å². The van der Waals surface area contributed by atoms with Gasteiger partial charge in [0.15, 0.2) is 0 Å². The standard InChI is InChI=1S/C13H15N5O3/c1-3-21-13-14-5-10(6-15-13)17-11(19)7-18-8-16-9(2)4-12(18)20/h4-6,8H,3,7H2,1-2H3,(H,17,19). The molecule has 1 N–H and O–H groups in total. The molecule has 0 atom stereocenters. The molecule has 8 heteroatoms. The molecule has 21 heavy (non-hydrogen) atoms. The lowest BCUT2D eigenvalue weighted by atomic mass is 10.4. The summed E-state index contributed by atoms with van der Waals surface area (Å²) < 4.78 is 6.32. The van der Waals surface area contributed by atoms with E-state index in [2.05, 4.69) is 20.3 Å². The van der Waals surface area contributed by atoms with Gasteiger partial charge in [-0.15, -0.1) is 0 Å². The van der Waals surface area contributed by atoms with Gasteiger partial charge in [-0.2, -0.15) is 0 Å². The maximum absolute atomic E-state index is 11.8. The Balaban J connectivity index is 1.99. The zero-order valence-corrected chi connectivity index (χ0v) is 11.7. The average Bonchev–Trinajstić information content (AvgIpc) is 2.44. The van der Waals surface area contributed by atoms with Crippen molar-refractivity contribution in [3.05, 3.63) is 40.8 Å². The number of rotatable bonds is 5. The first-order valence-electron chi connectivity index (χ1n) is 6.36. The summed E-state index contributed by atoms with van der Waals surface area (Å²) in [6.45, 7) is 3.88. The van der Waals surface area contributed by atoms with Crippen LogP contribution >= 0.6 is 0 Å². The number of aryl methyl sites for hydroxylation is 1. The Morgan fingerprint density at radius 2 is 2.05 bits per heavy atom. The fourth-order valence-corrected chi connectivity index (χ4v) is 1.57. The molecule has 0 bridgehead atoms. The van der Waals surface area contributed by atoms with E-state index < -0.39 is 0 Å². The lowest BCUT2D eigenvalue weighted by Gasteiger charge is -2.07. The van der Waals surface area contributed by atoms with Crippen LogP contribution in [0.15, 0.2) is 29.6 Å². The number of amides is 1. The minimum atomic E-state index is -0.365. The molecule has 1 amide bonds. The van der Waals surface area contributed by atoms with E-state index in [1.807, 2.05) is 6.92 Å². The molecule has 0 fully saturated rings. The smallest absolute Gasteiger partial charge is 0.316 e. The summed E-state index contributed by atoms with van der Waals surface area (Å²) in [6.07, 6.45) is 4.21. The first kappa shape index (κ1) is 14.6. The maximum atomic E-state index is 11.8. The van der Waals surface area contributed by atoms with Crippen molar-refractivity contribution in [1.82, 2.24) is 19.5 Å². The number of carbonyl (C=O) groups excluding carboxylic acids is 1. The molecule has 2 heterocycles. The van der Waals surface area contributed by atoms with Gasteiger partial charge in [-0.3, -0.25) is 14.2 Å². The number of nitrogens with one attached hydrogen (secondary N) is 1. The fraction of sp³-hybridized carbons (Fsp3) is 0.308. The zero-order chi connectivity index (χ0) is 15.2. The van der Waals surface area contributed by atoms with Crippen LogP contribution in [-0.4, -0.2) is 32.0 Å². The molecule has 2 rings (SSSR count). The van der Waals surface area contributed by atoms with Crippen molar-refractivity contribution >= 4 is 11.6 Å². The summed E-state index contributed by atoms with van der Waals surface area (Å²) in [5.74, 6) is -0.365. The largest absolute Gasteiger partial charge is 0.464 e. The molecule has 0 aromatic carbocycles. The topological polar surface area (TPSA) is 99.0 Å². The molecule has 8 nitrogen and oxygen atoms in total. The van der Waals surface area contributed by atoms with Gasteiger partial charge in [-0.05, 0) is 13.8 Å². The molecule has 0 unspecified atom stereocenters. The van der Waals surface area contributed by atoms with Crippen molar-refractivity contribution in [2.75, 3.05) is 11.9 Å². The van der Waals surface area contributed by atoms with Crippen LogP contribution in [0, 0.1) is 6.92 Å². The Labute approximate surface area is 120 Å². The Hall–Kier alpha value is -2.77. The SMILES string of the molecule is CCOc1ncc(NC(=O)Cn2cnc(C)cc2=O)cn1. The quantitative estimate of drug-likeness (QED) is 0.854. The highest BCUT2D eigenvalue weighted by atomic mass is 16.5. The predicted molar refractivity (Wildman–Crippen MR) is 75.1 cm³/mol. The summed E-state index contributed by atoms with van der Waals surface area (Å²) in [5, 5.41) is 2.59. The van der Waals surface area contributed by atoms with Gasteiger partial charge in [-0.1, -0.05) is 0 Å². The monoisotopic (exact) mass is 289 g/mol. The summed E-state index contributed by atoms with van der Waals surface area (Å²) in [6, 6.07) is 1.61. The number of hydrogen-bond donors (Lipinski definition) is 1. The van der Waals surface area contributed by atoms with Crippen molar-refractivity contribution in [1.29, 1.82) is 0 Å². The van der Waals surface area contributed by atoms with Crippen LogP contribution in [0.2, 0.25) is 0 Å². The van der Waals surface area contributed by atoms with E-state index in [4.69, 9.17) is 4.74 Å². The molecule has 2 aromatic rings. The third-order valence-corrected chi connectivity index (χ3v) is 2.52. The first-order valence-corrected chi connectivity index (χ1v) is 6.36. The number of nitrogens with zero attached hydrogens (tertiary/aromatic N) is 4. The van der Waals surface area contributed by atoms with Crippen molar-refractivity contribution in [2.45, 2.75) is 20.4 Å². The van der Waals surface area contributed by atoms with E-state index in [9.17, 15) is 9.59 Å². The van der Waals surface area contributed by atoms with Gasteiger partial charge in [0.25, 0.3) is 5.56 Å². The van der Waals surface area contributed by atoms with Crippen LogP contribution < -0.4 is 15.6 Å². The van der Waals surface area contributed by atoms with Crippen molar-refractivity contribution in [3.63, 3.8) is 0 Å². The third kappa shape index (κ3) is 4.10. The molecule has 0 aliphatic heterocycles. The van der Waals surface area contributed by atoms with E-state index in [0.717, 1.165) is 0 Å². The van der Waals surface area contributed by atoms with E-state index >= 15 is 0 Å².